The van der Waals surface area contributed by atoms with Crippen LogP contribution in [0.2, 0.25) is 0 Å². The number of aromatic nitrogens is 1. The Labute approximate surface area is 100.0 Å². The molecule has 0 atom stereocenters. The maximum atomic E-state index is 11.9. The summed E-state index contributed by atoms with van der Waals surface area (Å²) >= 11 is 0. The van der Waals surface area contributed by atoms with Crippen LogP contribution in [-0.4, -0.2) is 24.5 Å². The zero-order chi connectivity index (χ0) is 12.3. The Kier molecular flexibility index (Phi) is 3.32. The molecule has 0 bridgehead atoms. The number of benzene rings is 1. The quantitative estimate of drug-likeness (QED) is 0.850. The number of carbonyl (C=O) groups is 1. The van der Waals surface area contributed by atoms with Crippen molar-refractivity contribution in [2.45, 2.75) is 13.3 Å². The number of nitrogens with one attached hydrogen (secondary N) is 2. The Morgan fingerprint density at radius 1 is 1.47 bits per heavy atom. The monoisotopic (exact) mass is 232 g/mol. The van der Waals surface area contributed by atoms with Gasteiger partial charge in [-0.2, -0.15) is 0 Å². The van der Waals surface area contributed by atoms with E-state index in [4.69, 9.17) is 4.74 Å². The maximum Gasteiger partial charge on any atom is 0.253 e. The van der Waals surface area contributed by atoms with Crippen LogP contribution in [0.25, 0.3) is 10.9 Å². The highest BCUT2D eigenvalue weighted by molar-refractivity contribution is 6.07. The van der Waals surface area contributed by atoms with Crippen LogP contribution in [0.1, 0.15) is 23.7 Å². The molecule has 0 saturated heterocycles. The van der Waals surface area contributed by atoms with Crippen LogP contribution in [0, 0.1) is 0 Å². The van der Waals surface area contributed by atoms with Crippen LogP contribution in [0.4, 0.5) is 0 Å². The van der Waals surface area contributed by atoms with Crippen LogP contribution >= 0.6 is 0 Å². The first-order chi connectivity index (χ1) is 8.26. The van der Waals surface area contributed by atoms with Crippen molar-refractivity contribution in [1.82, 2.24) is 10.3 Å². The lowest BCUT2D eigenvalue weighted by molar-refractivity contribution is 0.0955. The third kappa shape index (κ3) is 2.25. The predicted octanol–water partition coefficient (Wildman–Crippen LogP) is 2.32. The topological polar surface area (TPSA) is 54.1 Å². The van der Waals surface area contributed by atoms with E-state index < -0.39 is 0 Å². The molecule has 0 unspecified atom stereocenters. The fourth-order valence-corrected chi connectivity index (χ4v) is 1.75. The molecule has 0 spiro atoms. The minimum Gasteiger partial charge on any atom is -0.497 e. The SMILES string of the molecule is CCCNC(=O)c1c[nH]c2ccc(OC)cc12. The lowest BCUT2D eigenvalue weighted by atomic mass is 10.1. The smallest absolute Gasteiger partial charge is 0.253 e. The van der Waals surface area contributed by atoms with Crippen molar-refractivity contribution in [2.24, 2.45) is 0 Å². The van der Waals surface area contributed by atoms with E-state index in [1.165, 1.54) is 0 Å². The van der Waals surface area contributed by atoms with E-state index in [9.17, 15) is 4.79 Å². The normalized spacial score (nSPS) is 10.5. The highest BCUT2D eigenvalue weighted by atomic mass is 16.5. The molecule has 1 aromatic carbocycles. The number of ether oxygens (including phenoxy) is 1. The fraction of sp³-hybridized carbons (Fsp3) is 0.308. The molecule has 0 radical (unpaired) electrons. The van der Waals surface area contributed by atoms with Crippen molar-refractivity contribution in [1.29, 1.82) is 0 Å². The summed E-state index contributed by atoms with van der Waals surface area (Å²) in [4.78, 5) is 15.0. The van der Waals surface area contributed by atoms with Crippen LogP contribution in [-0.2, 0) is 0 Å². The second-order valence-corrected chi connectivity index (χ2v) is 3.87. The van der Waals surface area contributed by atoms with E-state index in [2.05, 4.69) is 10.3 Å². The summed E-state index contributed by atoms with van der Waals surface area (Å²) in [5, 5.41) is 3.75. The summed E-state index contributed by atoms with van der Waals surface area (Å²) in [7, 11) is 1.62. The molecule has 2 rings (SSSR count). The van der Waals surface area contributed by atoms with E-state index in [1.807, 2.05) is 25.1 Å². The van der Waals surface area contributed by atoms with E-state index in [1.54, 1.807) is 13.3 Å². The summed E-state index contributed by atoms with van der Waals surface area (Å²) in [6, 6.07) is 5.64. The first-order valence-corrected chi connectivity index (χ1v) is 5.69. The Hall–Kier alpha value is -1.97. The molecule has 2 N–H and O–H groups in total. The van der Waals surface area contributed by atoms with Gasteiger partial charge in [-0.15, -0.1) is 0 Å². The minimum atomic E-state index is -0.0497. The molecule has 4 nitrogen and oxygen atoms in total. The number of H-pyrrole nitrogens is 1. The molecule has 4 heteroatoms. The van der Waals surface area contributed by atoms with Crippen LogP contribution in [0.3, 0.4) is 0 Å². The summed E-state index contributed by atoms with van der Waals surface area (Å²) in [6.45, 7) is 2.72. The largest absolute Gasteiger partial charge is 0.497 e. The van der Waals surface area contributed by atoms with Gasteiger partial charge in [-0.3, -0.25) is 4.79 Å². The van der Waals surface area contributed by atoms with Gasteiger partial charge in [0, 0.05) is 23.6 Å². The predicted molar refractivity (Wildman–Crippen MR) is 67.5 cm³/mol. The average Bonchev–Trinajstić information content (AvgIpc) is 2.78. The Balaban J connectivity index is 2.36. The zero-order valence-electron chi connectivity index (χ0n) is 10.0. The first-order valence-electron chi connectivity index (χ1n) is 5.69. The number of hydrogen-bond acceptors (Lipinski definition) is 2. The van der Waals surface area contributed by atoms with E-state index in [0.29, 0.717) is 12.1 Å². The molecule has 2 aromatic rings. The molecule has 1 heterocycles. The van der Waals surface area contributed by atoms with E-state index >= 15 is 0 Å². The van der Waals surface area contributed by atoms with E-state index in [0.717, 1.165) is 23.1 Å². The molecule has 0 aliphatic heterocycles. The molecular weight excluding hydrogens is 216 g/mol. The van der Waals surface area contributed by atoms with Crippen LogP contribution in [0.15, 0.2) is 24.4 Å². The van der Waals surface area contributed by atoms with Gasteiger partial charge >= 0.3 is 0 Å². The summed E-state index contributed by atoms with van der Waals surface area (Å²) in [5.74, 6) is 0.702. The van der Waals surface area contributed by atoms with Crippen molar-refractivity contribution in [3.05, 3.63) is 30.0 Å². The van der Waals surface area contributed by atoms with Crippen molar-refractivity contribution in [2.75, 3.05) is 13.7 Å². The fourth-order valence-electron chi connectivity index (χ4n) is 1.75. The molecule has 0 aliphatic rings. The highest BCUT2D eigenvalue weighted by Gasteiger charge is 2.11. The number of methoxy groups -OCH3 is 1. The number of aromatic amines is 1. The molecular formula is C13H16N2O2. The van der Waals surface area contributed by atoms with Gasteiger partial charge in [0.15, 0.2) is 0 Å². The second-order valence-electron chi connectivity index (χ2n) is 3.87. The van der Waals surface area contributed by atoms with Crippen LogP contribution in [0.5, 0.6) is 5.75 Å². The van der Waals surface area contributed by atoms with Gasteiger partial charge in [0.2, 0.25) is 0 Å². The zero-order valence-corrected chi connectivity index (χ0v) is 10.0. The van der Waals surface area contributed by atoms with Gasteiger partial charge in [-0.1, -0.05) is 6.92 Å². The number of amides is 1. The van der Waals surface area contributed by atoms with Gasteiger partial charge < -0.3 is 15.0 Å². The van der Waals surface area contributed by atoms with Crippen LogP contribution < -0.4 is 10.1 Å². The maximum absolute atomic E-state index is 11.9. The van der Waals surface area contributed by atoms with Gasteiger partial charge in [0.1, 0.15) is 5.75 Å². The summed E-state index contributed by atoms with van der Waals surface area (Å²) in [5.41, 5.74) is 1.60. The second kappa shape index (κ2) is 4.91. The van der Waals surface area contributed by atoms with E-state index in [-0.39, 0.29) is 5.91 Å². The molecule has 90 valence electrons. The number of hydrogen-bond donors (Lipinski definition) is 2. The van der Waals surface area contributed by atoms with Gasteiger partial charge in [0.05, 0.1) is 12.7 Å². The molecule has 0 fully saturated rings. The number of rotatable bonds is 4. The molecule has 1 aromatic heterocycles. The van der Waals surface area contributed by atoms with Gasteiger partial charge in [0.25, 0.3) is 5.91 Å². The van der Waals surface area contributed by atoms with Gasteiger partial charge in [-0.25, -0.2) is 0 Å². The third-order valence-corrected chi connectivity index (χ3v) is 2.67. The molecule has 0 saturated carbocycles. The highest BCUT2D eigenvalue weighted by Crippen LogP contribution is 2.23. The lowest BCUT2D eigenvalue weighted by Gasteiger charge is -2.03. The Bertz CT molecular complexity index is 531. The Morgan fingerprint density at radius 2 is 2.29 bits per heavy atom. The van der Waals surface area contributed by atoms with Crippen molar-refractivity contribution < 1.29 is 9.53 Å². The summed E-state index contributed by atoms with van der Waals surface area (Å²) in [6.07, 6.45) is 2.66. The first kappa shape index (κ1) is 11.5. The average molecular weight is 232 g/mol. The molecule has 1 amide bonds. The Morgan fingerprint density at radius 3 is 3.00 bits per heavy atom. The summed E-state index contributed by atoms with van der Waals surface area (Å²) < 4.78 is 5.16. The number of fused-ring (bicyclic) bond motifs is 1. The van der Waals surface area contributed by atoms with Crippen molar-refractivity contribution >= 4 is 16.8 Å². The van der Waals surface area contributed by atoms with Crippen molar-refractivity contribution in [3.63, 3.8) is 0 Å². The molecule has 0 aliphatic carbocycles. The van der Waals surface area contributed by atoms with Gasteiger partial charge in [-0.05, 0) is 24.6 Å². The minimum absolute atomic E-state index is 0.0497. The third-order valence-electron chi connectivity index (χ3n) is 2.67. The molecule has 17 heavy (non-hydrogen) atoms. The van der Waals surface area contributed by atoms with Crippen molar-refractivity contribution in [3.8, 4) is 5.75 Å². The standard InChI is InChI=1S/C13H16N2O2/c1-3-6-14-13(16)11-8-15-12-5-4-9(17-2)7-10(11)12/h4-5,7-8,15H,3,6H2,1-2H3,(H,14,16). The lowest BCUT2D eigenvalue weighted by Crippen LogP contribution is -2.23. The number of carbonyl (C=O) groups excluding carboxylic acids is 1.